The van der Waals surface area contributed by atoms with Gasteiger partial charge in [-0.15, -0.1) is 0 Å². The third kappa shape index (κ3) is 2.38. The molecular weight excluding hydrogens is 248 g/mol. The van der Waals surface area contributed by atoms with Gasteiger partial charge < -0.3 is 9.47 Å². The topological polar surface area (TPSA) is 18.5 Å². The third-order valence-corrected chi connectivity index (χ3v) is 3.97. The van der Waals surface area contributed by atoms with E-state index in [1.807, 2.05) is 31.2 Å². The molecule has 0 aliphatic carbocycles. The molecule has 0 N–H and O–H groups in total. The zero-order chi connectivity index (χ0) is 14.2. The Morgan fingerprint density at radius 3 is 1.90 bits per heavy atom. The van der Waals surface area contributed by atoms with Crippen LogP contribution in [0.25, 0.3) is 0 Å². The van der Waals surface area contributed by atoms with Gasteiger partial charge in [-0.2, -0.15) is 0 Å². The van der Waals surface area contributed by atoms with Crippen LogP contribution in [0.5, 0.6) is 11.5 Å². The Morgan fingerprint density at radius 2 is 1.35 bits per heavy atom. The number of hydrogen-bond donors (Lipinski definition) is 0. The smallest absolute Gasteiger partial charge is 0.130 e. The molecule has 1 unspecified atom stereocenters. The second-order valence-corrected chi connectivity index (χ2v) is 5.91. The van der Waals surface area contributed by atoms with Crippen molar-refractivity contribution in [1.29, 1.82) is 0 Å². The fourth-order valence-electron chi connectivity index (χ4n) is 2.56. The van der Waals surface area contributed by atoms with Crippen molar-refractivity contribution >= 4 is 0 Å². The summed E-state index contributed by atoms with van der Waals surface area (Å²) in [5.74, 6) is 1.78. The summed E-state index contributed by atoms with van der Waals surface area (Å²) >= 11 is 0. The van der Waals surface area contributed by atoms with E-state index >= 15 is 0 Å². The summed E-state index contributed by atoms with van der Waals surface area (Å²) in [6.45, 7) is 7.04. The van der Waals surface area contributed by atoms with E-state index in [9.17, 15) is 0 Å². The van der Waals surface area contributed by atoms with Gasteiger partial charge in [0.15, 0.2) is 0 Å². The lowest BCUT2D eigenvalue weighted by molar-refractivity contribution is 0.143. The number of benzene rings is 2. The highest BCUT2D eigenvalue weighted by atomic mass is 16.5. The lowest BCUT2D eigenvalue weighted by Crippen LogP contribution is -2.21. The van der Waals surface area contributed by atoms with E-state index in [2.05, 4.69) is 38.1 Å². The highest BCUT2D eigenvalue weighted by molar-refractivity contribution is 5.42. The van der Waals surface area contributed by atoms with E-state index in [1.165, 1.54) is 11.1 Å². The molecule has 104 valence electrons. The molecule has 20 heavy (non-hydrogen) atoms. The Hall–Kier alpha value is -1.96. The van der Waals surface area contributed by atoms with Crippen LogP contribution in [-0.4, -0.2) is 12.7 Å². The first-order chi connectivity index (χ1) is 9.55. The predicted octanol–water partition coefficient (Wildman–Crippen LogP) is 4.17. The zero-order valence-electron chi connectivity index (χ0n) is 12.2. The molecule has 2 nitrogen and oxygen atoms in total. The first-order valence-corrected chi connectivity index (χ1v) is 7.06. The first kappa shape index (κ1) is 13.0. The van der Waals surface area contributed by atoms with Crippen molar-refractivity contribution in [3.63, 3.8) is 0 Å². The van der Waals surface area contributed by atoms with Crippen LogP contribution in [0, 0.1) is 0 Å². The molecular formula is C18H20O2. The summed E-state index contributed by atoms with van der Waals surface area (Å²) < 4.78 is 11.6. The summed E-state index contributed by atoms with van der Waals surface area (Å²) in [5.41, 5.74) is 2.53. The Morgan fingerprint density at radius 1 is 0.850 bits per heavy atom. The Labute approximate surface area is 120 Å². The van der Waals surface area contributed by atoms with Crippen molar-refractivity contribution in [1.82, 2.24) is 0 Å². The highest BCUT2D eigenvalue weighted by Gasteiger charge is 2.23. The molecule has 0 radical (unpaired) electrons. The minimum Gasteiger partial charge on any atom is -0.490 e. The molecule has 0 spiro atoms. The van der Waals surface area contributed by atoms with Gasteiger partial charge in [-0.05, 0) is 42.3 Å². The van der Waals surface area contributed by atoms with Crippen LogP contribution in [0.15, 0.2) is 48.5 Å². The monoisotopic (exact) mass is 268 g/mol. The van der Waals surface area contributed by atoms with E-state index in [0.29, 0.717) is 6.61 Å². The van der Waals surface area contributed by atoms with E-state index in [4.69, 9.17) is 9.47 Å². The van der Waals surface area contributed by atoms with Gasteiger partial charge in [-0.25, -0.2) is 0 Å². The lowest BCUT2D eigenvalue weighted by atomic mass is 9.78. The maximum atomic E-state index is 5.86. The minimum absolute atomic E-state index is 0.0225. The predicted molar refractivity (Wildman–Crippen MR) is 80.6 cm³/mol. The van der Waals surface area contributed by atoms with Crippen LogP contribution < -0.4 is 9.47 Å². The molecule has 4 heterocycles. The molecule has 0 saturated carbocycles. The van der Waals surface area contributed by atoms with E-state index in [-0.39, 0.29) is 11.5 Å². The fourth-order valence-corrected chi connectivity index (χ4v) is 2.56. The second-order valence-electron chi connectivity index (χ2n) is 5.91. The number of ether oxygens (including phenoxy) is 2. The van der Waals surface area contributed by atoms with Gasteiger partial charge in [-0.3, -0.25) is 0 Å². The van der Waals surface area contributed by atoms with Crippen molar-refractivity contribution in [2.75, 3.05) is 6.61 Å². The Balaban J connectivity index is 2.09. The average molecular weight is 268 g/mol. The quantitative estimate of drug-likeness (QED) is 0.714. The van der Waals surface area contributed by atoms with Crippen LogP contribution in [0.2, 0.25) is 0 Å². The molecule has 0 saturated heterocycles. The van der Waals surface area contributed by atoms with Gasteiger partial charge in [0, 0.05) is 5.41 Å². The summed E-state index contributed by atoms with van der Waals surface area (Å²) in [7, 11) is 0. The van der Waals surface area contributed by atoms with Gasteiger partial charge in [-0.1, -0.05) is 38.1 Å². The molecule has 2 aromatic carbocycles. The van der Waals surface area contributed by atoms with Crippen LogP contribution in [0.1, 0.15) is 31.9 Å². The van der Waals surface area contributed by atoms with Crippen molar-refractivity contribution in [2.24, 2.45) is 0 Å². The number of hydrogen-bond acceptors (Lipinski definition) is 2. The molecule has 6 rings (SSSR count). The summed E-state index contributed by atoms with van der Waals surface area (Å²) in [5, 5.41) is 0. The largest absolute Gasteiger partial charge is 0.490 e. The van der Waals surface area contributed by atoms with Gasteiger partial charge in [0.2, 0.25) is 0 Å². The third-order valence-electron chi connectivity index (χ3n) is 3.97. The molecule has 0 fully saturated rings. The Kier molecular flexibility index (Phi) is 3.17. The standard InChI is InChI=1S/C18H20O2/c1-13-12-19-16-8-4-14(5-9-16)18(2,3)15-6-10-17(20-13)11-7-15/h4-11,13H,12H2,1-3H3. The molecule has 2 aromatic rings. The molecule has 0 amide bonds. The molecule has 4 aliphatic rings. The summed E-state index contributed by atoms with van der Waals surface area (Å²) in [6.07, 6.45) is 0.0225. The fraction of sp³-hybridized carbons (Fsp3) is 0.333. The van der Waals surface area contributed by atoms with Crippen molar-refractivity contribution in [3.05, 3.63) is 59.7 Å². The molecule has 1 atom stereocenters. The van der Waals surface area contributed by atoms with Gasteiger partial charge in [0.05, 0.1) is 0 Å². The van der Waals surface area contributed by atoms with Crippen LogP contribution in [0.3, 0.4) is 0 Å². The van der Waals surface area contributed by atoms with Crippen molar-refractivity contribution in [2.45, 2.75) is 32.3 Å². The normalized spacial score (nSPS) is 20.2. The molecule has 0 aromatic heterocycles. The van der Waals surface area contributed by atoms with E-state index in [1.54, 1.807) is 0 Å². The van der Waals surface area contributed by atoms with Crippen molar-refractivity contribution in [3.8, 4) is 11.5 Å². The van der Waals surface area contributed by atoms with Crippen LogP contribution in [-0.2, 0) is 5.41 Å². The first-order valence-electron chi connectivity index (χ1n) is 7.06. The molecule has 4 aliphatic heterocycles. The Bertz CT molecular complexity index is 582. The lowest BCUT2D eigenvalue weighted by Gasteiger charge is -2.26. The average Bonchev–Trinajstić information content (AvgIpc) is 2.47. The number of rotatable bonds is 0. The molecule has 2 heteroatoms. The second kappa shape index (κ2) is 4.86. The van der Waals surface area contributed by atoms with Gasteiger partial charge in [0.1, 0.15) is 24.2 Å². The van der Waals surface area contributed by atoms with Gasteiger partial charge >= 0.3 is 0 Å². The van der Waals surface area contributed by atoms with Gasteiger partial charge in [0.25, 0.3) is 0 Å². The molecule has 4 bridgehead atoms. The SMILES string of the molecule is CC1COc2ccc(cc2)C(C)(C)c2ccc(cc2)O1. The van der Waals surface area contributed by atoms with Crippen LogP contribution >= 0.6 is 0 Å². The van der Waals surface area contributed by atoms with Crippen molar-refractivity contribution < 1.29 is 9.47 Å². The minimum atomic E-state index is -0.0310. The highest BCUT2D eigenvalue weighted by Crippen LogP contribution is 2.33. The summed E-state index contributed by atoms with van der Waals surface area (Å²) in [6, 6.07) is 16.7. The van der Waals surface area contributed by atoms with E-state index in [0.717, 1.165) is 11.5 Å². The maximum absolute atomic E-state index is 5.86. The van der Waals surface area contributed by atoms with E-state index < -0.39 is 0 Å². The summed E-state index contributed by atoms with van der Waals surface area (Å²) in [4.78, 5) is 0. The van der Waals surface area contributed by atoms with Crippen LogP contribution in [0.4, 0.5) is 0 Å². The maximum Gasteiger partial charge on any atom is 0.130 e. The zero-order valence-corrected chi connectivity index (χ0v) is 12.2.